The summed E-state index contributed by atoms with van der Waals surface area (Å²) in [5.41, 5.74) is 5.52. The van der Waals surface area contributed by atoms with Crippen LogP contribution in [0.2, 0.25) is 0 Å². The van der Waals surface area contributed by atoms with Crippen molar-refractivity contribution in [2.75, 3.05) is 33.2 Å². The van der Waals surface area contributed by atoms with Crippen molar-refractivity contribution in [2.24, 2.45) is 5.73 Å². The van der Waals surface area contributed by atoms with Crippen LogP contribution < -0.4 is 5.73 Å². The van der Waals surface area contributed by atoms with E-state index in [4.69, 9.17) is 5.73 Å². The Kier molecular flexibility index (Phi) is 1.87. The number of nitrogens with zero attached hydrogens (tertiary/aromatic N) is 2. The lowest BCUT2D eigenvalue weighted by molar-refractivity contribution is 0.153. The third-order valence-electron chi connectivity index (χ3n) is 3.04. The van der Waals surface area contributed by atoms with E-state index in [2.05, 4.69) is 16.8 Å². The fraction of sp³-hybridized carbons (Fsp3) is 1.00. The van der Waals surface area contributed by atoms with E-state index in [0.717, 1.165) is 25.2 Å². The molecule has 0 aliphatic carbocycles. The predicted octanol–water partition coefficient (Wildman–Crippen LogP) is -0.667. The highest BCUT2D eigenvalue weighted by Crippen LogP contribution is 2.28. The molecule has 0 aromatic rings. The molecule has 2 atom stereocenters. The number of likely N-dealkylation sites (tertiary alicyclic amines) is 2. The summed E-state index contributed by atoms with van der Waals surface area (Å²) in [6, 6.07) is 1.64. The zero-order chi connectivity index (χ0) is 7.84. The lowest BCUT2D eigenvalue weighted by atomic mass is 10.2. The third-order valence-corrected chi connectivity index (χ3v) is 3.04. The van der Waals surface area contributed by atoms with Gasteiger partial charge in [0.1, 0.15) is 0 Å². The molecule has 2 rings (SSSR count). The summed E-state index contributed by atoms with van der Waals surface area (Å²) in [4.78, 5) is 5.00. The van der Waals surface area contributed by atoms with Gasteiger partial charge in [0.05, 0.1) is 0 Å². The molecule has 2 fully saturated rings. The van der Waals surface area contributed by atoms with Gasteiger partial charge in [-0.05, 0) is 13.5 Å². The van der Waals surface area contributed by atoms with Crippen LogP contribution in [-0.2, 0) is 0 Å². The second-order valence-corrected chi connectivity index (χ2v) is 3.77. The largest absolute Gasteiger partial charge is 0.329 e. The van der Waals surface area contributed by atoms with E-state index < -0.39 is 0 Å². The minimum Gasteiger partial charge on any atom is -0.329 e. The molecule has 2 aliphatic rings. The number of hydrogen-bond donors (Lipinski definition) is 1. The molecule has 2 N–H and O–H groups in total. The van der Waals surface area contributed by atoms with Crippen LogP contribution in [0.3, 0.4) is 0 Å². The van der Waals surface area contributed by atoms with Crippen molar-refractivity contribution in [3.63, 3.8) is 0 Å². The van der Waals surface area contributed by atoms with Gasteiger partial charge < -0.3 is 10.6 Å². The van der Waals surface area contributed by atoms with E-state index in [0.29, 0.717) is 0 Å². The summed E-state index contributed by atoms with van der Waals surface area (Å²) >= 11 is 0. The number of nitrogens with two attached hydrogens (primary N) is 1. The number of piperazine rings is 1. The highest BCUT2D eigenvalue weighted by Gasteiger charge is 2.40. The van der Waals surface area contributed by atoms with Crippen molar-refractivity contribution < 1.29 is 0 Å². The van der Waals surface area contributed by atoms with Gasteiger partial charge in [-0.25, -0.2) is 0 Å². The van der Waals surface area contributed by atoms with Gasteiger partial charge in [-0.3, -0.25) is 4.90 Å². The van der Waals surface area contributed by atoms with Gasteiger partial charge in [0, 0.05) is 38.3 Å². The van der Waals surface area contributed by atoms with Gasteiger partial charge in [-0.15, -0.1) is 0 Å². The van der Waals surface area contributed by atoms with Gasteiger partial charge in [0.2, 0.25) is 0 Å². The molecule has 2 bridgehead atoms. The van der Waals surface area contributed by atoms with Crippen LogP contribution in [0, 0.1) is 0 Å². The lowest BCUT2D eigenvalue weighted by Gasteiger charge is -2.31. The van der Waals surface area contributed by atoms with Gasteiger partial charge in [-0.1, -0.05) is 0 Å². The molecule has 2 saturated heterocycles. The molecule has 3 heteroatoms. The average Bonchev–Trinajstić information content (AvgIpc) is 2.47. The SMILES string of the molecule is CN1C[C@@H]2CC1CN2CCN. The molecule has 0 saturated carbocycles. The maximum absolute atomic E-state index is 5.52. The van der Waals surface area contributed by atoms with Crippen molar-refractivity contribution in [3.8, 4) is 0 Å². The Morgan fingerprint density at radius 2 is 2.18 bits per heavy atom. The fourth-order valence-electron chi connectivity index (χ4n) is 2.39. The van der Waals surface area contributed by atoms with Crippen LogP contribution in [0.25, 0.3) is 0 Å². The first-order chi connectivity index (χ1) is 5.31. The molecule has 2 heterocycles. The van der Waals surface area contributed by atoms with Crippen molar-refractivity contribution >= 4 is 0 Å². The molecule has 0 aromatic carbocycles. The highest BCUT2D eigenvalue weighted by molar-refractivity contribution is 4.98. The summed E-state index contributed by atoms with van der Waals surface area (Å²) in [7, 11) is 2.23. The first kappa shape index (κ1) is 7.53. The van der Waals surface area contributed by atoms with E-state index in [1.54, 1.807) is 0 Å². The maximum Gasteiger partial charge on any atom is 0.0239 e. The minimum atomic E-state index is 0.812. The van der Waals surface area contributed by atoms with Gasteiger partial charge in [0.25, 0.3) is 0 Å². The minimum absolute atomic E-state index is 0.812. The zero-order valence-electron chi connectivity index (χ0n) is 7.16. The van der Waals surface area contributed by atoms with Crippen molar-refractivity contribution in [2.45, 2.75) is 18.5 Å². The Morgan fingerprint density at radius 1 is 1.36 bits per heavy atom. The Labute approximate surface area is 68.1 Å². The molecule has 0 amide bonds. The van der Waals surface area contributed by atoms with E-state index in [1.165, 1.54) is 19.5 Å². The van der Waals surface area contributed by atoms with E-state index in [-0.39, 0.29) is 0 Å². The first-order valence-electron chi connectivity index (χ1n) is 4.45. The Morgan fingerprint density at radius 3 is 2.64 bits per heavy atom. The quantitative estimate of drug-likeness (QED) is 0.574. The topological polar surface area (TPSA) is 32.5 Å². The summed E-state index contributed by atoms with van der Waals surface area (Å²) in [6.45, 7) is 4.41. The smallest absolute Gasteiger partial charge is 0.0239 e. The summed E-state index contributed by atoms with van der Waals surface area (Å²) < 4.78 is 0. The average molecular weight is 155 g/mol. The van der Waals surface area contributed by atoms with Crippen molar-refractivity contribution in [1.82, 2.24) is 9.80 Å². The molecule has 64 valence electrons. The standard InChI is InChI=1S/C8H17N3/c1-10-5-8-4-7(10)6-11(8)3-2-9/h7-8H,2-6,9H2,1H3/t7?,8-/m0/s1. The monoisotopic (exact) mass is 155 g/mol. The van der Waals surface area contributed by atoms with Crippen molar-refractivity contribution in [1.29, 1.82) is 0 Å². The number of fused-ring (bicyclic) bond motifs is 2. The maximum atomic E-state index is 5.52. The zero-order valence-corrected chi connectivity index (χ0v) is 7.16. The van der Waals surface area contributed by atoms with Gasteiger partial charge in [-0.2, -0.15) is 0 Å². The van der Waals surface area contributed by atoms with Crippen LogP contribution in [0.1, 0.15) is 6.42 Å². The summed E-state index contributed by atoms with van der Waals surface area (Å²) in [5, 5.41) is 0. The third kappa shape index (κ3) is 1.17. The second-order valence-electron chi connectivity index (χ2n) is 3.77. The van der Waals surface area contributed by atoms with Crippen LogP contribution in [-0.4, -0.2) is 55.1 Å². The molecule has 0 radical (unpaired) electrons. The normalized spacial score (nSPS) is 38.7. The number of likely N-dealkylation sites (N-methyl/N-ethyl adjacent to an activating group) is 1. The molecular weight excluding hydrogens is 138 g/mol. The van der Waals surface area contributed by atoms with Crippen LogP contribution in [0.4, 0.5) is 0 Å². The number of rotatable bonds is 2. The van der Waals surface area contributed by atoms with Gasteiger partial charge in [0.15, 0.2) is 0 Å². The molecular formula is C8H17N3. The second kappa shape index (κ2) is 2.73. The van der Waals surface area contributed by atoms with Gasteiger partial charge >= 0.3 is 0 Å². The van der Waals surface area contributed by atoms with Crippen LogP contribution in [0.15, 0.2) is 0 Å². The summed E-state index contributed by atoms with van der Waals surface area (Å²) in [5.74, 6) is 0. The molecule has 1 unspecified atom stereocenters. The Balaban J connectivity index is 1.92. The van der Waals surface area contributed by atoms with E-state index in [1.807, 2.05) is 0 Å². The van der Waals surface area contributed by atoms with E-state index in [9.17, 15) is 0 Å². The molecule has 0 spiro atoms. The number of hydrogen-bond acceptors (Lipinski definition) is 3. The first-order valence-corrected chi connectivity index (χ1v) is 4.45. The predicted molar refractivity (Wildman–Crippen MR) is 45.5 cm³/mol. The molecule has 3 nitrogen and oxygen atoms in total. The molecule has 0 aromatic heterocycles. The van der Waals surface area contributed by atoms with Crippen molar-refractivity contribution in [3.05, 3.63) is 0 Å². The Hall–Kier alpha value is -0.120. The Bertz CT molecular complexity index is 146. The van der Waals surface area contributed by atoms with E-state index >= 15 is 0 Å². The van der Waals surface area contributed by atoms with Crippen LogP contribution in [0.5, 0.6) is 0 Å². The molecule has 11 heavy (non-hydrogen) atoms. The highest BCUT2D eigenvalue weighted by atomic mass is 15.3. The lowest BCUT2D eigenvalue weighted by Crippen LogP contribution is -2.46. The van der Waals surface area contributed by atoms with Crippen LogP contribution >= 0.6 is 0 Å². The fourth-order valence-corrected chi connectivity index (χ4v) is 2.39. The summed E-state index contributed by atoms with van der Waals surface area (Å²) in [6.07, 6.45) is 1.37. The molecule has 2 aliphatic heterocycles.